The Bertz CT molecular complexity index is 384. The monoisotopic (exact) mass is 220 g/mol. The molecule has 5 heteroatoms. The van der Waals surface area contributed by atoms with Crippen LogP contribution in [-0.2, 0) is 0 Å². The first kappa shape index (κ1) is 9.99. The summed E-state index contributed by atoms with van der Waals surface area (Å²) in [5.41, 5.74) is 1.04. The normalized spacial score (nSPS) is 32.7. The summed E-state index contributed by atoms with van der Waals surface area (Å²) in [6.45, 7) is 3.28. The Kier molecular flexibility index (Phi) is 2.49. The van der Waals surface area contributed by atoms with Gasteiger partial charge in [-0.25, -0.2) is 4.98 Å². The topological polar surface area (TPSA) is 59.1 Å². The van der Waals surface area contributed by atoms with Crippen LogP contribution in [0.2, 0.25) is 0 Å². The fourth-order valence-corrected chi connectivity index (χ4v) is 2.75. The third-order valence-corrected chi connectivity index (χ3v) is 3.58. The maximum atomic E-state index is 5.06. The second kappa shape index (κ2) is 3.99. The van der Waals surface area contributed by atoms with Crippen LogP contribution in [0, 0.1) is 11.8 Å². The highest BCUT2D eigenvalue weighted by Crippen LogP contribution is 2.35. The highest BCUT2D eigenvalue weighted by Gasteiger charge is 2.40. The van der Waals surface area contributed by atoms with Crippen LogP contribution in [0.1, 0.15) is 11.7 Å². The summed E-state index contributed by atoms with van der Waals surface area (Å²) in [6.07, 6.45) is 1.76. The van der Waals surface area contributed by atoms with E-state index in [4.69, 9.17) is 4.74 Å². The average molecular weight is 220 g/mol. The predicted octanol–water partition coefficient (Wildman–Crippen LogP) is -0.0349. The summed E-state index contributed by atoms with van der Waals surface area (Å²) in [6, 6.07) is 2.77. The first-order valence-corrected chi connectivity index (χ1v) is 5.69. The first-order chi connectivity index (χ1) is 7.88. The molecule has 2 N–H and O–H groups in total. The Morgan fingerprint density at radius 1 is 1.38 bits per heavy atom. The zero-order valence-electron chi connectivity index (χ0n) is 9.31. The highest BCUT2D eigenvalue weighted by atomic mass is 16.5. The fourth-order valence-electron chi connectivity index (χ4n) is 2.75. The molecule has 3 rings (SSSR count). The van der Waals surface area contributed by atoms with E-state index in [2.05, 4.69) is 20.6 Å². The molecule has 0 spiro atoms. The molecular formula is C11H16N4O. The molecule has 3 heterocycles. The van der Waals surface area contributed by atoms with Gasteiger partial charge in [-0.15, -0.1) is 0 Å². The van der Waals surface area contributed by atoms with Crippen molar-refractivity contribution < 1.29 is 4.74 Å². The lowest BCUT2D eigenvalue weighted by molar-refractivity contribution is 0.370. The van der Waals surface area contributed by atoms with E-state index in [0.29, 0.717) is 18.0 Å². The number of fused-ring (bicyclic) bond motifs is 1. The number of nitrogens with one attached hydrogen (secondary N) is 2. The van der Waals surface area contributed by atoms with Crippen LogP contribution in [0.3, 0.4) is 0 Å². The van der Waals surface area contributed by atoms with Crippen molar-refractivity contribution in [3.8, 4) is 6.01 Å². The number of nitrogens with zero attached hydrogens (tertiary/aromatic N) is 2. The summed E-state index contributed by atoms with van der Waals surface area (Å²) < 4.78 is 5.06. The average Bonchev–Trinajstić information content (AvgIpc) is 2.90. The molecule has 0 bridgehead atoms. The Morgan fingerprint density at radius 2 is 2.31 bits per heavy atom. The van der Waals surface area contributed by atoms with Crippen LogP contribution in [0.15, 0.2) is 12.3 Å². The minimum absolute atomic E-state index is 0.344. The van der Waals surface area contributed by atoms with E-state index in [-0.39, 0.29) is 0 Å². The summed E-state index contributed by atoms with van der Waals surface area (Å²) in [5, 5.41) is 6.98. The van der Waals surface area contributed by atoms with Crippen LogP contribution in [0.25, 0.3) is 0 Å². The maximum Gasteiger partial charge on any atom is 0.316 e. The van der Waals surface area contributed by atoms with E-state index < -0.39 is 0 Å². The van der Waals surface area contributed by atoms with Gasteiger partial charge in [-0.2, -0.15) is 4.98 Å². The molecule has 0 saturated carbocycles. The van der Waals surface area contributed by atoms with Gasteiger partial charge in [-0.1, -0.05) is 0 Å². The van der Waals surface area contributed by atoms with E-state index in [1.165, 1.54) is 0 Å². The molecule has 0 aliphatic carbocycles. The molecule has 0 amide bonds. The number of hydrogen-bond donors (Lipinski definition) is 2. The molecule has 0 aromatic carbocycles. The third-order valence-electron chi connectivity index (χ3n) is 3.58. The second-order valence-corrected chi connectivity index (χ2v) is 4.44. The van der Waals surface area contributed by atoms with Crippen molar-refractivity contribution in [1.29, 1.82) is 0 Å². The van der Waals surface area contributed by atoms with E-state index in [9.17, 15) is 0 Å². The smallest absolute Gasteiger partial charge is 0.316 e. The van der Waals surface area contributed by atoms with Crippen LogP contribution in [0.5, 0.6) is 6.01 Å². The summed E-state index contributed by atoms with van der Waals surface area (Å²) in [5.74, 6) is 1.39. The van der Waals surface area contributed by atoms with Crippen molar-refractivity contribution in [2.45, 2.75) is 6.04 Å². The second-order valence-electron chi connectivity index (χ2n) is 4.44. The Balaban J connectivity index is 1.86. The standard InChI is InChI=1S/C11H16N4O/c1-16-11-13-3-2-9(15-11)10-8-6-12-4-7(8)5-14-10/h2-3,7-8,10,12,14H,4-6H2,1H3. The molecule has 2 aliphatic rings. The Hall–Kier alpha value is -1.20. The Labute approximate surface area is 94.6 Å². The van der Waals surface area contributed by atoms with Crippen molar-refractivity contribution in [2.24, 2.45) is 11.8 Å². The first-order valence-electron chi connectivity index (χ1n) is 5.69. The molecule has 86 valence electrons. The van der Waals surface area contributed by atoms with Crippen LogP contribution >= 0.6 is 0 Å². The molecule has 16 heavy (non-hydrogen) atoms. The van der Waals surface area contributed by atoms with E-state index in [0.717, 1.165) is 31.2 Å². The lowest BCUT2D eigenvalue weighted by Crippen LogP contribution is -2.24. The van der Waals surface area contributed by atoms with E-state index in [1.54, 1.807) is 13.3 Å². The van der Waals surface area contributed by atoms with Crippen molar-refractivity contribution in [2.75, 3.05) is 26.7 Å². The molecule has 3 unspecified atom stereocenters. The van der Waals surface area contributed by atoms with Crippen molar-refractivity contribution in [3.63, 3.8) is 0 Å². The summed E-state index contributed by atoms with van der Waals surface area (Å²) >= 11 is 0. The molecule has 1 aromatic rings. The number of ether oxygens (including phenoxy) is 1. The number of methoxy groups -OCH3 is 1. The molecule has 2 saturated heterocycles. The Morgan fingerprint density at radius 3 is 3.19 bits per heavy atom. The van der Waals surface area contributed by atoms with Gasteiger partial charge in [0.05, 0.1) is 18.8 Å². The van der Waals surface area contributed by atoms with Gasteiger partial charge in [-0.3, -0.25) is 0 Å². The largest absolute Gasteiger partial charge is 0.467 e. The summed E-state index contributed by atoms with van der Waals surface area (Å²) in [4.78, 5) is 8.45. The van der Waals surface area contributed by atoms with Gasteiger partial charge in [0, 0.05) is 19.3 Å². The van der Waals surface area contributed by atoms with Crippen LogP contribution < -0.4 is 15.4 Å². The zero-order valence-corrected chi connectivity index (χ0v) is 9.31. The molecule has 1 aromatic heterocycles. The zero-order chi connectivity index (χ0) is 11.0. The highest BCUT2D eigenvalue weighted by molar-refractivity contribution is 5.15. The maximum absolute atomic E-state index is 5.06. The molecule has 2 fully saturated rings. The van der Waals surface area contributed by atoms with Crippen molar-refractivity contribution in [3.05, 3.63) is 18.0 Å². The van der Waals surface area contributed by atoms with Gasteiger partial charge in [0.2, 0.25) is 0 Å². The van der Waals surface area contributed by atoms with Gasteiger partial charge in [-0.05, 0) is 24.4 Å². The van der Waals surface area contributed by atoms with Crippen LogP contribution in [0.4, 0.5) is 0 Å². The molecule has 0 radical (unpaired) electrons. The van der Waals surface area contributed by atoms with E-state index in [1.807, 2.05) is 6.07 Å². The SMILES string of the molecule is COc1nccc(C2NCC3CNCC32)n1. The van der Waals surface area contributed by atoms with Gasteiger partial charge in [0.1, 0.15) is 0 Å². The number of hydrogen-bond acceptors (Lipinski definition) is 5. The van der Waals surface area contributed by atoms with Crippen LogP contribution in [-0.4, -0.2) is 36.7 Å². The van der Waals surface area contributed by atoms with Gasteiger partial charge in [0.25, 0.3) is 0 Å². The van der Waals surface area contributed by atoms with Gasteiger partial charge < -0.3 is 15.4 Å². The lowest BCUT2D eigenvalue weighted by Gasteiger charge is -2.17. The third kappa shape index (κ3) is 1.56. The molecular weight excluding hydrogens is 204 g/mol. The quantitative estimate of drug-likeness (QED) is 0.732. The minimum atomic E-state index is 0.344. The predicted molar refractivity (Wildman–Crippen MR) is 59.2 cm³/mol. The fraction of sp³-hybridized carbons (Fsp3) is 0.636. The summed E-state index contributed by atoms with van der Waals surface area (Å²) in [7, 11) is 1.60. The van der Waals surface area contributed by atoms with Crippen molar-refractivity contribution in [1.82, 2.24) is 20.6 Å². The van der Waals surface area contributed by atoms with Gasteiger partial charge in [0.15, 0.2) is 0 Å². The lowest BCUT2D eigenvalue weighted by atomic mass is 9.92. The number of aromatic nitrogens is 2. The minimum Gasteiger partial charge on any atom is -0.467 e. The molecule has 3 atom stereocenters. The van der Waals surface area contributed by atoms with Crippen molar-refractivity contribution >= 4 is 0 Å². The van der Waals surface area contributed by atoms with Gasteiger partial charge >= 0.3 is 6.01 Å². The van der Waals surface area contributed by atoms with E-state index >= 15 is 0 Å². The molecule has 2 aliphatic heterocycles. The number of rotatable bonds is 2. The molecule has 5 nitrogen and oxygen atoms in total.